The number of carbonyl (C=O) groups excluding carboxylic acids is 1. The number of fused-ring (bicyclic) bond motifs is 1. The lowest BCUT2D eigenvalue weighted by atomic mass is 10.0. The van der Waals surface area contributed by atoms with Crippen molar-refractivity contribution in [2.75, 3.05) is 11.9 Å². The monoisotopic (exact) mass is 277 g/mol. The van der Waals surface area contributed by atoms with Crippen LogP contribution in [0.25, 0.3) is 0 Å². The molecule has 2 aromatic rings. The molecule has 104 valence electrons. The van der Waals surface area contributed by atoms with Crippen molar-refractivity contribution in [3.8, 4) is 6.07 Å². The van der Waals surface area contributed by atoms with Gasteiger partial charge in [0.2, 0.25) is 0 Å². The Morgan fingerprint density at radius 1 is 1.19 bits per heavy atom. The van der Waals surface area contributed by atoms with E-state index in [-0.39, 0.29) is 12.1 Å². The summed E-state index contributed by atoms with van der Waals surface area (Å²) in [5.41, 5.74) is 3.13. The van der Waals surface area contributed by atoms with E-state index in [2.05, 4.69) is 11.4 Å². The molecule has 1 atom stereocenters. The molecule has 0 bridgehead atoms. The van der Waals surface area contributed by atoms with Crippen LogP contribution in [0, 0.1) is 11.3 Å². The summed E-state index contributed by atoms with van der Waals surface area (Å²) in [7, 11) is 0. The summed E-state index contributed by atoms with van der Waals surface area (Å²) in [6, 6.07) is 17.0. The number of nitriles is 1. The third kappa shape index (κ3) is 2.23. The Labute approximate surface area is 123 Å². The van der Waals surface area contributed by atoms with Crippen molar-refractivity contribution in [2.45, 2.75) is 13.1 Å². The fraction of sp³-hybridized carbons (Fsp3) is 0.176. The number of benzene rings is 2. The first-order valence-electron chi connectivity index (χ1n) is 6.91. The van der Waals surface area contributed by atoms with Crippen LogP contribution in [-0.4, -0.2) is 17.4 Å². The average molecular weight is 277 g/mol. The lowest BCUT2D eigenvalue weighted by Crippen LogP contribution is -2.42. The van der Waals surface area contributed by atoms with E-state index in [4.69, 9.17) is 5.26 Å². The third-order valence-electron chi connectivity index (χ3n) is 3.72. The largest absolute Gasteiger partial charge is 0.361 e. The highest BCUT2D eigenvalue weighted by molar-refractivity contribution is 6.01. The number of rotatable bonds is 2. The second kappa shape index (κ2) is 5.29. The van der Waals surface area contributed by atoms with Crippen LogP contribution in [-0.2, 0) is 0 Å². The molecule has 0 aromatic heterocycles. The molecule has 3 rings (SSSR count). The van der Waals surface area contributed by atoms with E-state index in [1.165, 1.54) is 0 Å². The maximum Gasteiger partial charge on any atom is 0.257 e. The summed E-state index contributed by atoms with van der Waals surface area (Å²) in [4.78, 5) is 14.4. The SMILES string of the molecule is CCN1C(=O)c2ccccc2NC1c1ccc(C#N)cc1. The van der Waals surface area contributed by atoms with E-state index in [1.807, 2.05) is 43.3 Å². The maximum absolute atomic E-state index is 12.6. The molecule has 0 saturated carbocycles. The van der Waals surface area contributed by atoms with Gasteiger partial charge < -0.3 is 10.2 Å². The maximum atomic E-state index is 12.6. The van der Waals surface area contributed by atoms with Crippen LogP contribution in [0.5, 0.6) is 0 Å². The van der Waals surface area contributed by atoms with Crippen molar-refractivity contribution >= 4 is 11.6 Å². The van der Waals surface area contributed by atoms with Gasteiger partial charge in [-0.15, -0.1) is 0 Å². The first kappa shape index (κ1) is 13.2. The Hall–Kier alpha value is -2.80. The zero-order valence-electron chi connectivity index (χ0n) is 11.7. The molecule has 1 amide bonds. The fourth-order valence-corrected chi connectivity index (χ4v) is 2.62. The van der Waals surface area contributed by atoms with E-state index < -0.39 is 0 Å². The van der Waals surface area contributed by atoms with Crippen molar-refractivity contribution < 1.29 is 4.79 Å². The van der Waals surface area contributed by atoms with Gasteiger partial charge in [-0.1, -0.05) is 24.3 Å². The van der Waals surface area contributed by atoms with Gasteiger partial charge in [0.1, 0.15) is 6.17 Å². The summed E-state index contributed by atoms with van der Waals surface area (Å²) in [6.07, 6.45) is -0.204. The summed E-state index contributed by atoms with van der Waals surface area (Å²) in [5.74, 6) is 0.0289. The van der Waals surface area contributed by atoms with Gasteiger partial charge >= 0.3 is 0 Å². The van der Waals surface area contributed by atoms with Crippen LogP contribution in [0.2, 0.25) is 0 Å². The first-order valence-corrected chi connectivity index (χ1v) is 6.91. The van der Waals surface area contributed by atoms with E-state index in [9.17, 15) is 4.79 Å². The number of hydrogen-bond donors (Lipinski definition) is 1. The molecule has 1 aliphatic rings. The Morgan fingerprint density at radius 2 is 1.90 bits per heavy atom. The smallest absolute Gasteiger partial charge is 0.257 e. The molecule has 1 N–H and O–H groups in total. The number of amides is 1. The topological polar surface area (TPSA) is 56.1 Å². The summed E-state index contributed by atoms with van der Waals surface area (Å²) >= 11 is 0. The van der Waals surface area contributed by atoms with Crippen molar-refractivity contribution in [1.29, 1.82) is 5.26 Å². The molecule has 0 saturated heterocycles. The lowest BCUT2D eigenvalue weighted by molar-refractivity contribution is 0.0695. The molecular formula is C17H15N3O. The van der Waals surface area contributed by atoms with Gasteiger partial charge in [-0.05, 0) is 36.8 Å². The molecule has 0 spiro atoms. The van der Waals surface area contributed by atoms with E-state index in [0.29, 0.717) is 17.7 Å². The Bertz CT molecular complexity index is 716. The van der Waals surface area contributed by atoms with Crippen molar-refractivity contribution in [2.24, 2.45) is 0 Å². The van der Waals surface area contributed by atoms with Gasteiger partial charge in [-0.25, -0.2) is 0 Å². The molecule has 0 radical (unpaired) electrons. The molecule has 21 heavy (non-hydrogen) atoms. The van der Waals surface area contributed by atoms with E-state index in [0.717, 1.165) is 11.3 Å². The number of nitrogens with one attached hydrogen (secondary N) is 1. The number of anilines is 1. The molecule has 4 nitrogen and oxygen atoms in total. The molecule has 0 aliphatic carbocycles. The van der Waals surface area contributed by atoms with Gasteiger partial charge in [-0.2, -0.15) is 5.26 Å². The molecule has 1 heterocycles. The van der Waals surface area contributed by atoms with Gasteiger partial charge in [0.05, 0.1) is 17.2 Å². The van der Waals surface area contributed by atoms with Gasteiger partial charge in [0, 0.05) is 12.2 Å². The normalized spacial score (nSPS) is 16.9. The Kier molecular flexibility index (Phi) is 3.33. The highest BCUT2D eigenvalue weighted by Crippen LogP contribution is 2.32. The van der Waals surface area contributed by atoms with Crippen molar-refractivity contribution in [3.63, 3.8) is 0 Å². The molecule has 1 aliphatic heterocycles. The predicted molar refractivity (Wildman–Crippen MR) is 80.7 cm³/mol. The second-order valence-corrected chi connectivity index (χ2v) is 4.92. The highest BCUT2D eigenvalue weighted by atomic mass is 16.2. The number of carbonyl (C=O) groups is 1. The van der Waals surface area contributed by atoms with Crippen molar-refractivity contribution in [3.05, 3.63) is 65.2 Å². The third-order valence-corrected chi connectivity index (χ3v) is 3.72. The Morgan fingerprint density at radius 3 is 2.57 bits per heavy atom. The zero-order chi connectivity index (χ0) is 14.8. The minimum Gasteiger partial charge on any atom is -0.361 e. The highest BCUT2D eigenvalue weighted by Gasteiger charge is 2.31. The number of para-hydroxylation sites is 1. The summed E-state index contributed by atoms with van der Waals surface area (Å²) in [5, 5.41) is 12.3. The molecule has 1 unspecified atom stereocenters. The molecular weight excluding hydrogens is 262 g/mol. The lowest BCUT2D eigenvalue weighted by Gasteiger charge is -2.37. The first-order chi connectivity index (χ1) is 10.2. The van der Waals surface area contributed by atoms with Crippen molar-refractivity contribution in [1.82, 2.24) is 4.90 Å². The Balaban J connectivity index is 2.02. The fourth-order valence-electron chi connectivity index (χ4n) is 2.62. The number of nitrogens with zero attached hydrogens (tertiary/aromatic N) is 2. The number of hydrogen-bond acceptors (Lipinski definition) is 3. The summed E-state index contributed by atoms with van der Waals surface area (Å²) in [6.45, 7) is 2.58. The van der Waals surface area contributed by atoms with E-state index >= 15 is 0 Å². The minimum absolute atomic E-state index is 0.0289. The average Bonchev–Trinajstić information content (AvgIpc) is 2.55. The van der Waals surface area contributed by atoms with E-state index in [1.54, 1.807) is 17.0 Å². The quantitative estimate of drug-likeness (QED) is 0.917. The van der Waals surface area contributed by atoms with Crippen LogP contribution in [0.3, 0.4) is 0 Å². The molecule has 4 heteroatoms. The van der Waals surface area contributed by atoms with Crippen LogP contribution in [0.4, 0.5) is 5.69 Å². The minimum atomic E-state index is -0.204. The van der Waals surface area contributed by atoms with Crippen LogP contribution < -0.4 is 5.32 Å². The second-order valence-electron chi connectivity index (χ2n) is 4.92. The van der Waals surface area contributed by atoms with Crippen LogP contribution >= 0.6 is 0 Å². The van der Waals surface area contributed by atoms with Gasteiger partial charge in [0.25, 0.3) is 5.91 Å². The molecule has 0 fully saturated rings. The standard InChI is InChI=1S/C17H15N3O/c1-2-20-16(13-9-7-12(11-18)8-10-13)19-15-6-4-3-5-14(15)17(20)21/h3-10,16,19H,2H2,1H3. The van der Waals surface area contributed by atoms with Gasteiger partial charge in [-0.3, -0.25) is 4.79 Å². The van der Waals surface area contributed by atoms with Gasteiger partial charge in [0.15, 0.2) is 0 Å². The molecule has 2 aromatic carbocycles. The zero-order valence-corrected chi connectivity index (χ0v) is 11.7. The van der Waals surface area contributed by atoms with Crippen LogP contribution in [0.1, 0.15) is 34.6 Å². The van der Waals surface area contributed by atoms with Crippen LogP contribution in [0.15, 0.2) is 48.5 Å². The predicted octanol–water partition coefficient (Wildman–Crippen LogP) is 3.14. The summed E-state index contributed by atoms with van der Waals surface area (Å²) < 4.78 is 0.